The van der Waals surface area contributed by atoms with Crippen LogP contribution < -0.4 is 16.4 Å². The molecule has 1 atom stereocenters. The van der Waals surface area contributed by atoms with Crippen LogP contribution in [-0.4, -0.2) is 39.0 Å². The molecule has 0 saturated carbocycles. The highest BCUT2D eigenvalue weighted by Crippen LogP contribution is 1.97. The molecule has 0 unspecified atom stereocenters. The maximum Gasteiger partial charge on any atom is 0.326 e. The quantitative estimate of drug-likeness (QED) is 0.427. The van der Waals surface area contributed by atoms with E-state index < -0.39 is 23.9 Å². The number of H-pyrrole nitrogens is 1. The van der Waals surface area contributed by atoms with Crippen LogP contribution in [0.3, 0.4) is 0 Å². The van der Waals surface area contributed by atoms with Gasteiger partial charge in [0.05, 0.1) is 18.6 Å². The zero-order valence-electron chi connectivity index (χ0n) is 10.0. The van der Waals surface area contributed by atoms with Crippen LogP contribution in [0.2, 0.25) is 0 Å². The molecule has 19 heavy (non-hydrogen) atoms. The van der Waals surface area contributed by atoms with E-state index in [1.807, 2.05) is 0 Å². The van der Waals surface area contributed by atoms with Crippen molar-refractivity contribution in [2.24, 2.45) is 5.73 Å². The minimum Gasteiger partial charge on any atom is -0.480 e. The van der Waals surface area contributed by atoms with E-state index in [1.165, 1.54) is 12.5 Å². The fraction of sp³-hybridized carbons (Fsp3) is 0.400. The molecular weight excluding hydrogens is 254 g/mol. The second-order valence-corrected chi connectivity index (χ2v) is 3.80. The Morgan fingerprint density at radius 1 is 1.47 bits per heavy atom. The van der Waals surface area contributed by atoms with Gasteiger partial charge in [-0.2, -0.15) is 0 Å². The summed E-state index contributed by atoms with van der Waals surface area (Å²) < 4.78 is 0. The molecule has 0 saturated heterocycles. The molecule has 104 valence electrons. The fourth-order valence-corrected chi connectivity index (χ4v) is 1.31. The highest BCUT2D eigenvalue weighted by Gasteiger charge is 2.20. The molecule has 1 aromatic heterocycles. The van der Waals surface area contributed by atoms with Crippen LogP contribution in [0.4, 0.5) is 4.79 Å². The summed E-state index contributed by atoms with van der Waals surface area (Å²) in [6.07, 6.45) is 2.82. The van der Waals surface area contributed by atoms with Crippen molar-refractivity contribution in [3.8, 4) is 0 Å². The summed E-state index contributed by atoms with van der Waals surface area (Å²) >= 11 is 0. The average Bonchev–Trinajstić information content (AvgIpc) is 2.84. The third kappa shape index (κ3) is 5.52. The van der Waals surface area contributed by atoms with E-state index in [4.69, 9.17) is 10.8 Å². The first-order valence-electron chi connectivity index (χ1n) is 5.51. The molecule has 6 N–H and O–H groups in total. The van der Waals surface area contributed by atoms with Gasteiger partial charge in [-0.1, -0.05) is 0 Å². The number of aromatic amines is 1. The lowest BCUT2D eigenvalue weighted by molar-refractivity contribution is -0.139. The van der Waals surface area contributed by atoms with Gasteiger partial charge in [-0.05, 0) is 6.42 Å². The topological polar surface area (TPSA) is 150 Å². The number of amides is 3. The van der Waals surface area contributed by atoms with Crippen molar-refractivity contribution in [2.75, 3.05) is 0 Å². The van der Waals surface area contributed by atoms with E-state index in [2.05, 4.69) is 20.6 Å². The standard InChI is InChI=1S/C10H15N5O4/c11-8(16)2-1-7(9(17)18)15-10(19)13-4-6-3-12-5-14-6/h3,5,7H,1-2,4H2,(H2,11,16)(H,12,14)(H,17,18)(H2,13,15,19)/t7-/m1/s1. The zero-order valence-corrected chi connectivity index (χ0v) is 10.0. The number of aliphatic carboxylic acids is 1. The first kappa shape index (κ1) is 14.5. The zero-order chi connectivity index (χ0) is 14.3. The van der Waals surface area contributed by atoms with Gasteiger partial charge in [0.2, 0.25) is 5.91 Å². The van der Waals surface area contributed by atoms with Crippen molar-refractivity contribution in [3.63, 3.8) is 0 Å². The van der Waals surface area contributed by atoms with Crippen LogP contribution in [0, 0.1) is 0 Å². The number of carbonyl (C=O) groups excluding carboxylic acids is 2. The lowest BCUT2D eigenvalue weighted by Gasteiger charge is -2.14. The molecular formula is C10H15N5O4. The van der Waals surface area contributed by atoms with Gasteiger partial charge in [0.25, 0.3) is 0 Å². The Hall–Kier alpha value is -2.58. The molecule has 9 heteroatoms. The van der Waals surface area contributed by atoms with Crippen LogP contribution in [-0.2, 0) is 16.1 Å². The SMILES string of the molecule is NC(=O)CC[C@@H](NC(=O)NCc1cnc[nH]1)C(=O)O. The molecule has 0 aliphatic rings. The number of nitrogens with two attached hydrogens (primary N) is 1. The highest BCUT2D eigenvalue weighted by atomic mass is 16.4. The van der Waals surface area contributed by atoms with Gasteiger partial charge in [0.1, 0.15) is 6.04 Å². The van der Waals surface area contributed by atoms with Crippen LogP contribution in [0.1, 0.15) is 18.5 Å². The second kappa shape index (κ2) is 6.99. The molecule has 0 bridgehead atoms. The summed E-state index contributed by atoms with van der Waals surface area (Å²) in [5.74, 6) is -1.84. The number of aromatic nitrogens is 2. The number of nitrogens with zero attached hydrogens (tertiary/aromatic N) is 1. The summed E-state index contributed by atoms with van der Waals surface area (Å²) in [4.78, 5) is 39.5. The summed E-state index contributed by atoms with van der Waals surface area (Å²) in [6.45, 7) is 0.188. The molecule has 0 aliphatic heterocycles. The normalized spacial score (nSPS) is 11.6. The largest absolute Gasteiger partial charge is 0.480 e. The Kier molecular flexibility index (Phi) is 5.33. The summed E-state index contributed by atoms with van der Waals surface area (Å²) in [5.41, 5.74) is 5.60. The molecule has 0 radical (unpaired) electrons. The van der Waals surface area contributed by atoms with E-state index >= 15 is 0 Å². The first-order chi connectivity index (χ1) is 8.99. The smallest absolute Gasteiger partial charge is 0.326 e. The van der Waals surface area contributed by atoms with Gasteiger partial charge in [0, 0.05) is 12.6 Å². The van der Waals surface area contributed by atoms with Crippen molar-refractivity contribution < 1.29 is 19.5 Å². The van der Waals surface area contributed by atoms with E-state index in [0.717, 1.165) is 0 Å². The first-order valence-corrected chi connectivity index (χ1v) is 5.51. The maximum absolute atomic E-state index is 11.5. The van der Waals surface area contributed by atoms with Gasteiger partial charge < -0.3 is 26.5 Å². The van der Waals surface area contributed by atoms with E-state index in [0.29, 0.717) is 5.69 Å². The highest BCUT2D eigenvalue weighted by molar-refractivity contribution is 5.83. The molecule has 1 rings (SSSR count). The number of imidazole rings is 1. The van der Waals surface area contributed by atoms with Crippen molar-refractivity contribution in [1.29, 1.82) is 0 Å². The van der Waals surface area contributed by atoms with Crippen LogP contribution in [0.5, 0.6) is 0 Å². The molecule has 0 spiro atoms. The third-order valence-corrected chi connectivity index (χ3v) is 2.28. The van der Waals surface area contributed by atoms with Crippen LogP contribution >= 0.6 is 0 Å². The molecule has 1 aromatic rings. The number of urea groups is 1. The van der Waals surface area contributed by atoms with Gasteiger partial charge in [-0.15, -0.1) is 0 Å². The molecule has 3 amide bonds. The molecule has 0 aliphatic carbocycles. The Bertz CT molecular complexity index is 445. The van der Waals surface area contributed by atoms with E-state index in [9.17, 15) is 14.4 Å². The number of carboxylic acid groups (broad SMARTS) is 1. The van der Waals surface area contributed by atoms with Crippen molar-refractivity contribution >= 4 is 17.9 Å². The number of carbonyl (C=O) groups is 3. The summed E-state index contributed by atoms with van der Waals surface area (Å²) in [7, 11) is 0. The predicted molar refractivity (Wildman–Crippen MR) is 63.8 cm³/mol. The lowest BCUT2D eigenvalue weighted by atomic mass is 10.1. The van der Waals surface area contributed by atoms with E-state index in [-0.39, 0.29) is 19.4 Å². The van der Waals surface area contributed by atoms with Crippen LogP contribution in [0.25, 0.3) is 0 Å². The Labute approximate surface area is 108 Å². The Morgan fingerprint density at radius 3 is 2.74 bits per heavy atom. The molecule has 0 fully saturated rings. The minimum absolute atomic E-state index is 0.0534. The number of hydrogen-bond acceptors (Lipinski definition) is 4. The Balaban J connectivity index is 2.38. The van der Waals surface area contributed by atoms with Gasteiger partial charge in [-0.3, -0.25) is 4.79 Å². The van der Waals surface area contributed by atoms with Crippen molar-refractivity contribution in [1.82, 2.24) is 20.6 Å². The number of nitrogens with one attached hydrogen (secondary N) is 3. The molecule has 1 heterocycles. The Morgan fingerprint density at radius 2 is 2.21 bits per heavy atom. The van der Waals surface area contributed by atoms with Crippen LogP contribution in [0.15, 0.2) is 12.5 Å². The number of primary amides is 1. The lowest BCUT2D eigenvalue weighted by Crippen LogP contribution is -2.46. The monoisotopic (exact) mass is 269 g/mol. The van der Waals surface area contributed by atoms with Gasteiger partial charge in [-0.25, -0.2) is 14.6 Å². The minimum atomic E-state index is -1.22. The predicted octanol–water partition coefficient (Wildman–Crippen LogP) is -1.07. The number of carboxylic acids is 1. The summed E-state index contributed by atoms with van der Waals surface area (Å²) in [5, 5.41) is 13.6. The summed E-state index contributed by atoms with van der Waals surface area (Å²) in [6, 6.07) is -1.80. The number of rotatable bonds is 7. The molecule has 0 aromatic carbocycles. The fourth-order valence-electron chi connectivity index (χ4n) is 1.31. The molecule has 9 nitrogen and oxygen atoms in total. The number of hydrogen-bond donors (Lipinski definition) is 5. The van der Waals surface area contributed by atoms with Gasteiger partial charge in [0.15, 0.2) is 0 Å². The second-order valence-electron chi connectivity index (χ2n) is 3.80. The third-order valence-electron chi connectivity index (χ3n) is 2.28. The van der Waals surface area contributed by atoms with E-state index in [1.54, 1.807) is 0 Å². The van der Waals surface area contributed by atoms with Gasteiger partial charge >= 0.3 is 12.0 Å². The van der Waals surface area contributed by atoms with Crippen molar-refractivity contribution in [3.05, 3.63) is 18.2 Å². The maximum atomic E-state index is 11.5. The van der Waals surface area contributed by atoms with Crippen molar-refractivity contribution in [2.45, 2.75) is 25.4 Å². The average molecular weight is 269 g/mol.